The van der Waals surface area contributed by atoms with Crippen LogP contribution in [0.25, 0.3) is 0 Å². The van der Waals surface area contributed by atoms with E-state index in [0.717, 1.165) is 48.5 Å². The van der Waals surface area contributed by atoms with Gasteiger partial charge in [0.15, 0.2) is 5.16 Å². The number of primary sulfonamides is 1. The van der Waals surface area contributed by atoms with Gasteiger partial charge in [-0.1, -0.05) is 11.8 Å². The van der Waals surface area contributed by atoms with Crippen LogP contribution in [0.15, 0.2) is 40.4 Å². The third kappa shape index (κ3) is 4.23. The average Bonchev–Trinajstić information content (AvgIpc) is 2.60. The number of benzene rings is 1. The predicted molar refractivity (Wildman–Crippen MR) is 101 cm³/mol. The zero-order valence-corrected chi connectivity index (χ0v) is 15.8. The molecule has 0 amide bonds. The largest absolute Gasteiger partial charge is 0.368 e. The van der Waals surface area contributed by atoms with Crippen molar-refractivity contribution < 1.29 is 8.42 Å². The molecule has 0 saturated carbocycles. The molecule has 1 aromatic heterocycles. The first-order valence-corrected chi connectivity index (χ1v) is 10.7. The molecule has 9 heteroatoms. The Kier molecular flexibility index (Phi) is 5.16. The maximum absolute atomic E-state index is 11.3. The fraction of sp³-hybridized carbons (Fsp3) is 0.375. The second-order valence-corrected chi connectivity index (χ2v) is 8.20. The monoisotopic (exact) mass is 379 g/mol. The number of thioether (sulfide) groups is 1. The quantitative estimate of drug-likeness (QED) is 0.635. The Labute approximate surface area is 152 Å². The molecule has 0 spiro atoms. The summed E-state index contributed by atoms with van der Waals surface area (Å²) in [6.45, 7) is 5.36. The maximum Gasteiger partial charge on any atom is 0.238 e. The molecule has 2 N–H and O–H groups in total. The van der Waals surface area contributed by atoms with Gasteiger partial charge in [0, 0.05) is 43.6 Å². The van der Waals surface area contributed by atoms with E-state index in [1.54, 1.807) is 36.0 Å². The molecule has 0 aliphatic carbocycles. The molecule has 7 nitrogen and oxygen atoms in total. The second-order valence-electron chi connectivity index (χ2n) is 5.87. The van der Waals surface area contributed by atoms with Crippen molar-refractivity contribution in [3.8, 4) is 0 Å². The molecule has 0 unspecified atom stereocenters. The van der Waals surface area contributed by atoms with Crippen LogP contribution in [0.3, 0.4) is 0 Å². The highest BCUT2D eigenvalue weighted by Crippen LogP contribution is 2.22. The van der Waals surface area contributed by atoms with Crippen molar-refractivity contribution in [2.75, 3.05) is 42.2 Å². The predicted octanol–water partition coefficient (Wildman–Crippen LogP) is 1.48. The molecule has 1 aliphatic heterocycles. The summed E-state index contributed by atoms with van der Waals surface area (Å²) in [5, 5.41) is 5.93. The first kappa shape index (κ1) is 18.0. The van der Waals surface area contributed by atoms with Gasteiger partial charge in [0.1, 0.15) is 5.82 Å². The Hall–Kier alpha value is -1.84. The molecular weight excluding hydrogens is 358 g/mol. The Bertz CT molecular complexity index is 847. The van der Waals surface area contributed by atoms with Gasteiger partial charge < -0.3 is 9.80 Å². The number of hydrogen-bond acceptors (Lipinski definition) is 7. The van der Waals surface area contributed by atoms with E-state index in [9.17, 15) is 8.42 Å². The first-order valence-electron chi connectivity index (χ1n) is 7.89. The van der Waals surface area contributed by atoms with Gasteiger partial charge in [-0.3, -0.25) is 0 Å². The zero-order chi connectivity index (χ0) is 18.0. The summed E-state index contributed by atoms with van der Waals surface area (Å²) in [7, 11) is -3.65. The Morgan fingerprint density at radius 1 is 1.04 bits per heavy atom. The van der Waals surface area contributed by atoms with Crippen molar-refractivity contribution in [1.82, 2.24) is 9.97 Å². The standard InChI is InChI=1S/C16H21N5O2S2/c1-12-11-15(19-16(18-12)24-2)21-9-7-20(8-10-21)13-3-5-14(6-4-13)25(17,22)23/h3-6,11H,7-10H2,1-2H3,(H2,17,22,23). The fourth-order valence-corrected chi connectivity index (χ4v) is 3.75. The summed E-state index contributed by atoms with van der Waals surface area (Å²) < 4.78 is 22.7. The van der Waals surface area contributed by atoms with Crippen molar-refractivity contribution in [2.24, 2.45) is 5.14 Å². The number of piperazine rings is 1. The second kappa shape index (κ2) is 7.19. The van der Waals surface area contributed by atoms with E-state index in [0.29, 0.717) is 0 Å². The molecule has 0 bridgehead atoms. The van der Waals surface area contributed by atoms with Crippen LogP contribution in [0.2, 0.25) is 0 Å². The van der Waals surface area contributed by atoms with Crippen molar-refractivity contribution in [2.45, 2.75) is 17.0 Å². The van der Waals surface area contributed by atoms with Crippen LogP contribution < -0.4 is 14.9 Å². The van der Waals surface area contributed by atoms with E-state index in [-0.39, 0.29) is 4.90 Å². The lowest BCUT2D eigenvalue weighted by Crippen LogP contribution is -2.46. The molecule has 2 heterocycles. The van der Waals surface area contributed by atoms with Crippen molar-refractivity contribution in [3.05, 3.63) is 36.0 Å². The Morgan fingerprint density at radius 3 is 2.20 bits per heavy atom. The molecular formula is C16H21N5O2S2. The highest BCUT2D eigenvalue weighted by atomic mass is 32.2. The molecule has 2 aromatic rings. The number of anilines is 2. The van der Waals surface area contributed by atoms with Crippen molar-refractivity contribution >= 4 is 33.3 Å². The number of aromatic nitrogens is 2. The summed E-state index contributed by atoms with van der Waals surface area (Å²) in [5.74, 6) is 0.959. The molecule has 1 saturated heterocycles. The van der Waals surface area contributed by atoms with E-state index >= 15 is 0 Å². The van der Waals surface area contributed by atoms with Gasteiger partial charge in [-0.2, -0.15) is 0 Å². The van der Waals surface area contributed by atoms with Crippen LogP contribution in [0.5, 0.6) is 0 Å². The van der Waals surface area contributed by atoms with E-state index in [4.69, 9.17) is 5.14 Å². The van der Waals surface area contributed by atoms with Gasteiger partial charge in [0.2, 0.25) is 10.0 Å². The molecule has 3 rings (SSSR count). The van der Waals surface area contributed by atoms with Crippen molar-refractivity contribution in [3.63, 3.8) is 0 Å². The highest BCUT2D eigenvalue weighted by molar-refractivity contribution is 7.98. The fourth-order valence-electron chi connectivity index (χ4n) is 2.82. The normalized spacial score (nSPS) is 15.5. The van der Waals surface area contributed by atoms with E-state index in [2.05, 4.69) is 19.8 Å². The van der Waals surface area contributed by atoms with Crippen LogP contribution in [-0.4, -0.2) is 50.8 Å². The number of hydrogen-bond donors (Lipinski definition) is 1. The number of aryl methyl sites for hydroxylation is 1. The molecule has 134 valence electrons. The van der Waals surface area contributed by atoms with Crippen LogP contribution in [0, 0.1) is 6.92 Å². The van der Waals surface area contributed by atoms with E-state index < -0.39 is 10.0 Å². The minimum absolute atomic E-state index is 0.135. The maximum atomic E-state index is 11.3. The minimum atomic E-state index is -3.65. The number of sulfonamides is 1. The van der Waals surface area contributed by atoms with Gasteiger partial charge in [0.25, 0.3) is 0 Å². The number of rotatable bonds is 4. The van der Waals surface area contributed by atoms with Gasteiger partial charge in [-0.05, 0) is 37.4 Å². The van der Waals surface area contributed by atoms with Gasteiger partial charge >= 0.3 is 0 Å². The van der Waals surface area contributed by atoms with Crippen LogP contribution in [0.4, 0.5) is 11.5 Å². The SMILES string of the molecule is CSc1nc(C)cc(N2CCN(c3ccc(S(N)(=O)=O)cc3)CC2)n1. The smallest absolute Gasteiger partial charge is 0.238 e. The highest BCUT2D eigenvalue weighted by Gasteiger charge is 2.19. The Morgan fingerprint density at radius 2 is 1.64 bits per heavy atom. The lowest BCUT2D eigenvalue weighted by Gasteiger charge is -2.36. The molecule has 1 aliphatic rings. The summed E-state index contributed by atoms with van der Waals surface area (Å²) in [5.41, 5.74) is 1.96. The zero-order valence-electron chi connectivity index (χ0n) is 14.2. The van der Waals surface area contributed by atoms with Gasteiger partial charge in [-0.15, -0.1) is 0 Å². The molecule has 1 fully saturated rings. The summed E-state index contributed by atoms with van der Waals surface area (Å²) in [6.07, 6.45) is 1.97. The molecule has 0 radical (unpaired) electrons. The number of nitrogens with two attached hydrogens (primary N) is 1. The summed E-state index contributed by atoms with van der Waals surface area (Å²) >= 11 is 1.54. The average molecular weight is 380 g/mol. The van der Waals surface area contributed by atoms with Crippen molar-refractivity contribution in [1.29, 1.82) is 0 Å². The minimum Gasteiger partial charge on any atom is -0.368 e. The summed E-state index contributed by atoms with van der Waals surface area (Å²) in [6, 6.07) is 8.72. The molecule has 1 aromatic carbocycles. The first-order chi connectivity index (χ1) is 11.9. The van der Waals surface area contributed by atoms with Gasteiger partial charge in [-0.25, -0.2) is 23.5 Å². The molecule has 0 atom stereocenters. The summed E-state index contributed by atoms with van der Waals surface area (Å²) in [4.78, 5) is 13.6. The third-order valence-corrected chi connectivity index (χ3v) is 5.61. The van der Waals surface area contributed by atoms with Crippen LogP contribution in [0.1, 0.15) is 5.69 Å². The van der Waals surface area contributed by atoms with E-state index in [1.165, 1.54) is 0 Å². The number of nitrogens with zero attached hydrogens (tertiary/aromatic N) is 4. The Balaban J connectivity index is 1.69. The molecule has 25 heavy (non-hydrogen) atoms. The lowest BCUT2D eigenvalue weighted by molar-refractivity contribution is 0.597. The van der Waals surface area contributed by atoms with Gasteiger partial charge in [0.05, 0.1) is 4.90 Å². The van der Waals surface area contributed by atoms with Crippen LogP contribution in [-0.2, 0) is 10.0 Å². The third-order valence-electron chi connectivity index (χ3n) is 4.14. The van der Waals surface area contributed by atoms with E-state index in [1.807, 2.05) is 19.2 Å². The topological polar surface area (TPSA) is 92.4 Å². The lowest BCUT2D eigenvalue weighted by atomic mass is 10.2. The van der Waals surface area contributed by atoms with Crippen LogP contribution >= 0.6 is 11.8 Å².